The summed E-state index contributed by atoms with van der Waals surface area (Å²) in [7, 11) is 0. The van der Waals surface area contributed by atoms with Gasteiger partial charge < -0.3 is 5.73 Å². The SMILES string of the molecule is CC(C)(CN)c1csc(-c2cc(F)ccc2F)n1. The molecule has 1 heterocycles. The van der Waals surface area contributed by atoms with Gasteiger partial charge in [-0.05, 0) is 18.2 Å². The van der Waals surface area contributed by atoms with Gasteiger partial charge in [0, 0.05) is 22.9 Å². The van der Waals surface area contributed by atoms with Crippen LogP contribution in [0.1, 0.15) is 19.5 Å². The highest BCUT2D eigenvalue weighted by molar-refractivity contribution is 7.13. The molecular formula is C13H14F2N2S. The number of hydrogen-bond acceptors (Lipinski definition) is 3. The molecule has 0 spiro atoms. The Balaban J connectivity index is 2.44. The van der Waals surface area contributed by atoms with Crippen LogP contribution in [0, 0.1) is 11.6 Å². The molecule has 0 aliphatic rings. The van der Waals surface area contributed by atoms with Crippen LogP contribution < -0.4 is 5.73 Å². The molecule has 0 fully saturated rings. The normalized spacial score (nSPS) is 11.8. The maximum atomic E-state index is 13.6. The van der Waals surface area contributed by atoms with Gasteiger partial charge in [0.15, 0.2) is 0 Å². The third-order valence-corrected chi connectivity index (χ3v) is 3.74. The summed E-state index contributed by atoms with van der Waals surface area (Å²) in [6.45, 7) is 4.38. The third kappa shape index (κ3) is 2.42. The molecule has 0 aliphatic heterocycles. The molecule has 5 heteroatoms. The fourth-order valence-electron chi connectivity index (χ4n) is 1.47. The van der Waals surface area contributed by atoms with Gasteiger partial charge in [0.05, 0.1) is 5.69 Å². The Labute approximate surface area is 108 Å². The van der Waals surface area contributed by atoms with Gasteiger partial charge in [0.2, 0.25) is 0 Å². The molecular weight excluding hydrogens is 254 g/mol. The molecule has 0 amide bonds. The van der Waals surface area contributed by atoms with Crippen molar-refractivity contribution < 1.29 is 8.78 Å². The van der Waals surface area contributed by atoms with Crippen LogP contribution in [0.2, 0.25) is 0 Å². The molecule has 0 aliphatic carbocycles. The van der Waals surface area contributed by atoms with Crippen LogP contribution in [0.4, 0.5) is 8.78 Å². The Hall–Kier alpha value is -1.33. The van der Waals surface area contributed by atoms with Crippen molar-refractivity contribution in [3.8, 4) is 10.6 Å². The standard InChI is InChI=1S/C13H14F2N2S/c1-13(2,7-16)11-6-18-12(17-11)9-5-8(14)3-4-10(9)15/h3-6H,7,16H2,1-2H3. The lowest BCUT2D eigenvalue weighted by Crippen LogP contribution is -2.28. The van der Waals surface area contributed by atoms with Crippen molar-refractivity contribution in [1.29, 1.82) is 0 Å². The summed E-state index contributed by atoms with van der Waals surface area (Å²) in [5.41, 5.74) is 6.40. The summed E-state index contributed by atoms with van der Waals surface area (Å²) in [5.74, 6) is -0.941. The zero-order valence-corrected chi connectivity index (χ0v) is 11.0. The van der Waals surface area contributed by atoms with Crippen LogP contribution in [0.5, 0.6) is 0 Å². The lowest BCUT2D eigenvalue weighted by Gasteiger charge is -2.19. The summed E-state index contributed by atoms with van der Waals surface area (Å²) in [6.07, 6.45) is 0. The predicted octanol–water partition coefficient (Wildman–Crippen LogP) is 3.32. The number of aromatic nitrogens is 1. The minimum Gasteiger partial charge on any atom is -0.330 e. The van der Waals surface area contributed by atoms with Crippen LogP contribution >= 0.6 is 11.3 Å². The van der Waals surface area contributed by atoms with E-state index in [1.807, 2.05) is 19.2 Å². The van der Waals surface area contributed by atoms with Crippen molar-refractivity contribution in [3.05, 3.63) is 40.9 Å². The Morgan fingerprint density at radius 3 is 2.72 bits per heavy atom. The first-order chi connectivity index (χ1) is 8.44. The molecule has 2 N–H and O–H groups in total. The molecule has 0 saturated heterocycles. The molecule has 0 saturated carbocycles. The van der Waals surface area contributed by atoms with Gasteiger partial charge in [0.25, 0.3) is 0 Å². The highest BCUT2D eigenvalue weighted by Gasteiger charge is 2.22. The fraction of sp³-hybridized carbons (Fsp3) is 0.308. The van der Waals surface area contributed by atoms with Crippen molar-refractivity contribution in [2.24, 2.45) is 5.73 Å². The molecule has 2 aromatic rings. The van der Waals surface area contributed by atoms with E-state index in [-0.39, 0.29) is 11.0 Å². The molecule has 18 heavy (non-hydrogen) atoms. The summed E-state index contributed by atoms with van der Waals surface area (Å²) in [4.78, 5) is 4.36. The first kappa shape index (κ1) is 13.1. The highest BCUT2D eigenvalue weighted by Crippen LogP contribution is 2.31. The molecule has 0 radical (unpaired) electrons. The molecule has 96 valence electrons. The monoisotopic (exact) mass is 268 g/mol. The Kier molecular flexibility index (Phi) is 3.45. The molecule has 2 rings (SSSR count). The Morgan fingerprint density at radius 1 is 1.33 bits per heavy atom. The Bertz CT molecular complexity index is 564. The number of benzene rings is 1. The zero-order chi connectivity index (χ0) is 13.3. The maximum absolute atomic E-state index is 13.6. The predicted molar refractivity (Wildman–Crippen MR) is 69.5 cm³/mol. The van der Waals surface area contributed by atoms with Gasteiger partial charge in [-0.25, -0.2) is 13.8 Å². The summed E-state index contributed by atoms with van der Waals surface area (Å²) in [6, 6.07) is 3.37. The van der Waals surface area contributed by atoms with Crippen molar-refractivity contribution in [2.75, 3.05) is 6.54 Å². The number of nitrogens with zero attached hydrogens (tertiary/aromatic N) is 1. The van der Waals surface area contributed by atoms with Gasteiger partial charge in [-0.15, -0.1) is 11.3 Å². The smallest absolute Gasteiger partial charge is 0.133 e. The number of halogens is 2. The van der Waals surface area contributed by atoms with Crippen LogP contribution in [0.15, 0.2) is 23.6 Å². The van der Waals surface area contributed by atoms with E-state index in [9.17, 15) is 8.78 Å². The fourth-order valence-corrected chi connectivity index (χ4v) is 2.50. The lowest BCUT2D eigenvalue weighted by molar-refractivity contribution is 0.525. The molecule has 0 unspecified atom stereocenters. The third-order valence-electron chi connectivity index (χ3n) is 2.87. The topological polar surface area (TPSA) is 38.9 Å². The van der Waals surface area contributed by atoms with Crippen LogP contribution in [0.3, 0.4) is 0 Å². The average Bonchev–Trinajstić information content (AvgIpc) is 2.82. The first-order valence-corrected chi connectivity index (χ1v) is 6.43. The van der Waals surface area contributed by atoms with Crippen molar-refractivity contribution in [1.82, 2.24) is 4.98 Å². The van der Waals surface area contributed by atoms with Crippen molar-refractivity contribution in [3.63, 3.8) is 0 Å². The zero-order valence-electron chi connectivity index (χ0n) is 10.2. The number of rotatable bonds is 3. The van der Waals surface area contributed by atoms with E-state index in [0.29, 0.717) is 11.6 Å². The second-order valence-corrected chi connectivity index (χ2v) is 5.61. The molecule has 0 bridgehead atoms. The van der Waals surface area contributed by atoms with E-state index >= 15 is 0 Å². The van der Waals surface area contributed by atoms with Crippen molar-refractivity contribution in [2.45, 2.75) is 19.3 Å². The maximum Gasteiger partial charge on any atom is 0.133 e. The van der Waals surface area contributed by atoms with Crippen LogP contribution in [-0.4, -0.2) is 11.5 Å². The first-order valence-electron chi connectivity index (χ1n) is 5.55. The van der Waals surface area contributed by atoms with E-state index in [0.717, 1.165) is 23.9 Å². The van der Waals surface area contributed by atoms with Gasteiger partial charge in [-0.2, -0.15) is 0 Å². The van der Waals surface area contributed by atoms with E-state index < -0.39 is 11.6 Å². The van der Waals surface area contributed by atoms with E-state index in [2.05, 4.69) is 4.98 Å². The van der Waals surface area contributed by atoms with Gasteiger partial charge >= 0.3 is 0 Å². The molecule has 0 atom stereocenters. The van der Waals surface area contributed by atoms with Gasteiger partial charge in [0.1, 0.15) is 16.6 Å². The number of nitrogens with two attached hydrogens (primary N) is 1. The van der Waals surface area contributed by atoms with Gasteiger partial charge in [-0.3, -0.25) is 0 Å². The average molecular weight is 268 g/mol. The molecule has 1 aromatic heterocycles. The minimum absolute atomic E-state index is 0.194. The van der Waals surface area contributed by atoms with E-state index in [1.54, 1.807) is 0 Å². The van der Waals surface area contributed by atoms with E-state index in [1.165, 1.54) is 11.3 Å². The van der Waals surface area contributed by atoms with Crippen LogP contribution in [-0.2, 0) is 5.41 Å². The van der Waals surface area contributed by atoms with Gasteiger partial charge in [-0.1, -0.05) is 13.8 Å². The summed E-state index contributed by atoms with van der Waals surface area (Å²) in [5, 5.41) is 2.32. The van der Waals surface area contributed by atoms with E-state index in [4.69, 9.17) is 5.73 Å². The highest BCUT2D eigenvalue weighted by atomic mass is 32.1. The largest absolute Gasteiger partial charge is 0.330 e. The molecule has 1 aromatic carbocycles. The number of thiazole rings is 1. The minimum atomic E-state index is -0.471. The summed E-state index contributed by atoms with van der Waals surface area (Å²) >= 11 is 1.29. The second kappa shape index (κ2) is 4.74. The number of hydrogen-bond donors (Lipinski definition) is 1. The van der Waals surface area contributed by atoms with Crippen LogP contribution in [0.25, 0.3) is 10.6 Å². The Morgan fingerprint density at radius 2 is 2.06 bits per heavy atom. The molecule has 2 nitrogen and oxygen atoms in total. The lowest BCUT2D eigenvalue weighted by atomic mass is 9.90. The summed E-state index contributed by atoms with van der Waals surface area (Å²) < 4.78 is 26.7. The second-order valence-electron chi connectivity index (χ2n) is 4.75. The van der Waals surface area contributed by atoms with Crippen molar-refractivity contribution >= 4 is 11.3 Å². The quantitative estimate of drug-likeness (QED) is 0.927.